The molecule has 3 nitrogen and oxygen atoms in total. The molecule has 0 aromatic heterocycles. The van der Waals surface area contributed by atoms with E-state index in [1.54, 1.807) is 6.07 Å². The molecule has 4 heteroatoms. The third kappa shape index (κ3) is 2.53. The molecule has 0 radical (unpaired) electrons. The van der Waals surface area contributed by atoms with E-state index in [9.17, 15) is 0 Å². The van der Waals surface area contributed by atoms with Crippen LogP contribution in [0.5, 0.6) is 0 Å². The molecule has 0 saturated heterocycles. The molecule has 0 fully saturated rings. The standard InChI is InChI=1S/C10H15ClN2O/c1-2-13(5-6-14)8-3-4-10(12)9(11)7-8/h3-4,7,14H,2,5-6,12H2,1H3. The van der Waals surface area contributed by atoms with E-state index in [1.165, 1.54) is 0 Å². The highest BCUT2D eigenvalue weighted by Gasteiger charge is 2.05. The molecule has 0 bridgehead atoms. The first kappa shape index (κ1) is 11.1. The van der Waals surface area contributed by atoms with Crippen molar-refractivity contribution in [2.45, 2.75) is 6.92 Å². The average molecular weight is 215 g/mol. The Balaban J connectivity index is 2.88. The molecule has 0 aliphatic carbocycles. The predicted octanol–water partition coefficient (Wildman–Crippen LogP) is 1.74. The number of nitrogens with zero attached hydrogens (tertiary/aromatic N) is 1. The van der Waals surface area contributed by atoms with Crippen LogP contribution in [-0.2, 0) is 0 Å². The van der Waals surface area contributed by atoms with Crippen molar-refractivity contribution in [2.75, 3.05) is 30.3 Å². The SMILES string of the molecule is CCN(CCO)c1ccc(N)c(Cl)c1. The molecule has 0 aliphatic heterocycles. The van der Waals surface area contributed by atoms with Crippen molar-refractivity contribution in [1.82, 2.24) is 0 Å². The van der Waals surface area contributed by atoms with Crippen LogP contribution in [0.15, 0.2) is 18.2 Å². The maximum absolute atomic E-state index is 8.85. The lowest BCUT2D eigenvalue weighted by Gasteiger charge is -2.22. The number of anilines is 2. The van der Waals surface area contributed by atoms with E-state index in [1.807, 2.05) is 24.0 Å². The topological polar surface area (TPSA) is 49.5 Å². The van der Waals surface area contributed by atoms with Crippen molar-refractivity contribution in [1.29, 1.82) is 0 Å². The highest BCUT2D eigenvalue weighted by molar-refractivity contribution is 6.33. The summed E-state index contributed by atoms with van der Waals surface area (Å²) in [5.74, 6) is 0. The van der Waals surface area contributed by atoms with E-state index in [2.05, 4.69) is 0 Å². The quantitative estimate of drug-likeness (QED) is 0.751. The lowest BCUT2D eigenvalue weighted by molar-refractivity contribution is 0.302. The van der Waals surface area contributed by atoms with Gasteiger partial charge in [-0.2, -0.15) is 0 Å². The van der Waals surface area contributed by atoms with Gasteiger partial charge in [-0.1, -0.05) is 11.6 Å². The van der Waals surface area contributed by atoms with Gasteiger partial charge in [0, 0.05) is 18.8 Å². The number of aliphatic hydroxyl groups is 1. The Morgan fingerprint density at radius 2 is 2.21 bits per heavy atom. The van der Waals surface area contributed by atoms with Crippen LogP contribution in [0.2, 0.25) is 5.02 Å². The van der Waals surface area contributed by atoms with Crippen molar-refractivity contribution < 1.29 is 5.11 Å². The van der Waals surface area contributed by atoms with Crippen LogP contribution in [0.3, 0.4) is 0 Å². The van der Waals surface area contributed by atoms with E-state index in [0.717, 1.165) is 12.2 Å². The molecule has 0 unspecified atom stereocenters. The van der Waals surface area contributed by atoms with Gasteiger partial charge in [0.05, 0.1) is 17.3 Å². The Kier molecular flexibility index (Phi) is 4.04. The van der Waals surface area contributed by atoms with Crippen molar-refractivity contribution in [3.05, 3.63) is 23.2 Å². The normalized spacial score (nSPS) is 10.2. The molecule has 1 aromatic carbocycles. The van der Waals surface area contributed by atoms with Crippen molar-refractivity contribution >= 4 is 23.0 Å². The van der Waals surface area contributed by atoms with Gasteiger partial charge in [0.15, 0.2) is 0 Å². The first-order chi connectivity index (χ1) is 6.69. The summed E-state index contributed by atoms with van der Waals surface area (Å²) >= 11 is 5.90. The van der Waals surface area contributed by atoms with E-state index in [4.69, 9.17) is 22.4 Å². The summed E-state index contributed by atoms with van der Waals surface area (Å²) in [6.07, 6.45) is 0. The zero-order valence-corrected chi connectivity index (χ0v) is 8.96. The Labute approximate surface area is 89.1 Å². The molecule has 14 heavy (non-hydrogen) atoms. The molecule has 78 valence electrons. The molecule has 1 rings (SSSR count). The number of hydrogen-bond donors (Lipinski definition) is 2. The number of aliphatic hydroxyl groups excluding tert-OH is 1. The molecule has 0 heterocycles. The zero-order valence-electron chi connectivity index (χ0n) is 8.20. The second kappa shape index (κ2) is 5.08. The third-order valence-corrected chi connectivity index (χ3v) is 2.43. The first-order valence-corrected chi connectivity index (χ1v) is 4.97. The molecule has 0 spiro atoms. The second-order valence-corrected chi connectivity index (χ2v) is 3.42. The lowest BCUT2D eigenvalue weighted by atomic mass is 10.2. The second-order valence-electron chi connectivity index (χ2n) is 3.01. The molecule has 0 saturated carbocycles. The lowest BCUT2D eigenvalue weighted by Crippen LogP contribution is -2.26. The van der Waals surface area contributed by atoms with E-state index < -0.39 is 0 Å². The fraction of sp³-hybridized carbons (Fsp3) is 0.400. The van der Waals surface area contributed by atoms with Gasteiger partial charge in [0.25, 0.3) is 0 Å². The fourth-order valence-electron chi connectivity index (χ4n) is 1.30. The minimum Gasteiger partial charge on any atom is -0.398 e. The van der Waals surface area contributed by atoms with Crippen LogP contribution in [0.1, 0.15) is 6.92 Å². The number of hydrogen-bond acceptors (Lipinski definition) is 3. The van der Waals surface area contributed by atoms with Gasteiger partial charge in [-0.05, 0) is 25.1 Å². The summed E-state index contributed by atoms with van der Waals surface area (Å²) in [5.41, 5.74) is 7.17. The minimum absolute atomic E-state index is 0.135. The Morgan fingerprint density at radius 3 is 2.71 bits per heavy atom. The number of likely N-dealkylation sites (N-methyl/N-ethyl adjacent to an activating group) is 1. The Morgan fingerprint density at radius 1 is 1.50 bits per heavy atom. The maximum atomic E-state index is 8.85. The summed E-state index contributed by atoms with van der Waals surface area (Å²) in [4.78, 5) is 2.03. The van der Waals surface area contributed by atoms with Crippen LogP contribution in [-0.4, -0.2) is 24.8 Å². The van der Waals surface area contributed by atoms with Gasteiger partial charge >= 0.3 is 0 Å². The Hall–Kier alpha value is -0.930. The number of halogens is 1. The Bertz CT molecular complexity index is 304. The van der Waals surface area contributed by atoms with Gasteiger partial charge < -0.3 is 15.7 Å². The predicted molar refractivity (Wildman–Crippen MR) is 60.8 cm³/mol. The summed E-state index contributed by atoms with van der Waals surface area (Å²) in [6, 6.07) is 5.49. The molecular weight excluding hydrogens is 200 g/mol. The number of nitrogens with two attached hydrogens (primary N) is 1. The maximum Gasteiger partial charge on any atom is 0.0656 e. The van der Waals surface area contributed by atoms with Gasteiger partial charge in [-0.25, -0.2) is 0 Å². The monoisotopic (exact) mass is 214 g/mol. The highest BCUT2D eigenvalue weighted by Crippen LogP contribution is 2.24. The van der Waals surface area contributed by atoms with Crippen LogP contribution < -0.4 is 10.6 Å². The summed E-state index contributed by atoms with van der Waals surface area (Å²) in [5, 5.41) is 9.41. The largest absolute Gasteiger partial charge is 0.398 e. The van der Waals surface area contributed by atoms with E-state index in [-0.39, 0.29) is 6.61 Å². The molecule has 0 aliphatic rings. The number of rotatable bonds is 4. The van der Waals surface area contributed by atoms with E-state index >= 15 is 0 Å². The smallest absolute Gasteiger partial charge is 0.0656 e. The fourth-order valence-corrected chi connectivity index (χ4v) is 1.48. The zero-order chi connectivity index (χ0) is 10.6. The molecule has 0 amide bonds. The summed E-state index contributed by atoms with van der Waals surface area (Å²) < 4.78 is 0. The summed E-state index contributed by atoms with van der Waals surface area (Å²) in [6.45, 7) is 3.60. The van der Waals surface area contributed by atoms with Gasteiger partial charge in [0.1, 0.15) is 0 Å². The number of benzene rings is 1. The molecule has 0 atom stereocenters. The van der Waals surface area contributed by atoms with Crippen molar-refractivity contribution in [3.63, 3.8) is 0 Å². The molecular formula is C10H15ClN2O. The van der Waals surface area contributed by atoms with Crippen LogP contribution in [0, 0.1) is 0 Å². The van der Waals surface area contributed by atoms with Crippen molar-refractivity contribution in [2.24, 2.45) is 0 Å². The number of nitrogen functional groups attached to an aromatic ring is 1. The molecule has 3 N–H and O–H groups in total. The molecule has 1 aromatic rings. The summed E-state index contributed by atoms with van der Waals surface area (Å²) in [7, 11) is 0. The minimum atomic E-state index is 0.135. The average Bonchev–Trinajstić information content (AvgIpc) is 2.19. The van der Waals surface area contributed by atoms with Crippen molar-refractivity contribution in [3.8, 4) is 0 Å². The van der Waals surface area contributed by atoms with Gasteiger partial charge in [-0.3, -0.25) is 0 Å². The third-order valence-electron chi connectivity index (χ3n) is 2.10. The van der Waals surface area contributed by atoms with E-state index in [0.29, 0.717) is 17.3 Å². The first-order valence-electron chi connectivity index (χ1n) is 4.60. The highest BCUT2D eigenvalue weighted by atomic mass is 35.5. The van der Waals surface area contributed by atoms with Crippen LogP contribution in [0.4, 0.5) is 11.4 Å². The van der Waals surface area contributed by atoms with Crippen LogP contribution in [0.25, 0.3) is 0 Å². The van der Waals surface area contributed by atoms with Gasteiger partial charge in [0.2, 0.25) is 0 Å². The van der Waals surface area contributed by atoms with Crippen LogP contribution >= 0.6 is 11.6 Å². The van der Waals surface area contributed by atoms with Gasteiger partial charge in [-0.15, -0.1) is 0 Å².